The van der Waals surface area contributed by atoms with Gasteiger partial charge in [0, 0.05) is 0 Å². The molecule has 0 saturated carbocycles. The Morgan fingerprint density at radius 1 is 1.60 bits per heavy atom. The Balaban J connectivity index is 3.14. The average Bonchev–Trinajstić information content (AvgIpc) is 1.38. The van der Waals surface area contributed by atoms with Crippen molar-refractivity contribution in [3.63, 3.8) is 0 Å². The predicted molar refractivity (Wildman–Crippen MR) is 23.0 cm³/mol. The Morgan fingerprint density at radius 2 is 1.80 bits per heavy atom. The van der Waals surface area contributed by atoms with Gasteiger partial charge >= 0.3 is 0 Å². The minimum Gasteiger partial charge on any atom is -0.403 e. The molecule has 30 valence electrons. The first-order valence-electron chi connectivity index (χ1n) is 1.31. The second-order valence-corrected chi connectivity index (χ2v) is 1.15. The molecule has 0 radical (unpaired) electrons. The van der Waals surface area contributed by atoms with Crippen LogP contribution in [0, 0.1) is 0 Å². The lowest BCUT2D eigenvalue weighted by Gasteiger charge is -1.86. The van der Waals surface area contributed by atoms with Crippen molar-refractivity contribution in [3.05, 3.63) is 0 Å². The van der Waals surface area contributed by atoms with Gasteiger partial charge in [-0.3, -0.25) is 11.6 Å². The van der Waals surface area contributed by atoms with Crippen LogP contribution in [-0.4, -0.2) is 24.3 Å². The first kappa shape index (κ1) is 4.96. The molecular weight excluding hydrogens is 85.5 g/mol. The van der Waals surface area contributed by atoms with E-state index in [0.29, 0.717) is 0 Å². The second kappa shape index (κ2) is 2.21. The first-order valence-corrected chi connectivity index (χ1v) is 1.68. The van der Waals surface area contributed by atoms with E-state index >= 15 is 0 Å². The highest BCUT2D eigenvalue weighted by Crippen LogP contribution is 1.55. The molecular formula is C3H6ClN. The number of nitrogens with zero attached hydrogens (tertiary/aromatic N) is 1. The molecule has 0 rings (SSSR count). The van der Waals surface area contributed by atoms with Crippen molar-refractivity contribution in [2.24, 2.45) is 0 Å². The average molecular weight is 91.5 g/mol. The van der Waals surface area contributed by atoms with Gasteiger partial charge in [0.05, 0.1) is 0 Å². The third-order valence-corrected chi connectivity index (χ3v) is 0.507. The molecule has 1 nitrogen and oxygen atoms in total. The highest BCUT2D eigenvalue weighted by molar-refractivity contribution is 6.54. The topological polar surface area (TPSA) is 3.01 Å². The number of hydrogen-bond acceptors (Lipinski definition) is 0. The Hall–Kier alpha value is -0.0400. The largest absolute Gasteiger partial charge is 0.403 e. The fraction of sp³-hybridized carbons (Fsp3) is 0.667. The predicted octanol–water partition coefficient (Wildman–Crippen LogP) is 0.403. The lowest BCUT2D eigenvalue weighted by Crippen LogP contribution is -1.91. The van der Waals surface area contributed by atoms with Crippen molar-refractivity contribution in [1.29, 1.82) is 0 Å². The summed E-state index contributed by atoms with van der Waals surface area (Å²) in [7, 11) is 3.62. The van der Waals surface area contributed by atoms with Crippen molar-refractivity contribution in [2.45, 2.75) is 0 Å². The highest BCUT2D eigenvalue weighted by Gasteiger charge is 1.50. The molecule has 0 aromatic rings. The maximum Gasteiger partial charge on any atom is 0.101 e. The van der Waals surface area contributed by atoms with Crippen LogP contribution in [0.2, 0.25) is 0 Å². The third-order valence-electron chi connectivity index (χ3n) is 0.169. The fourth-order valence-electron chi connectivity index (χ4n) is 0. The minimum absolute atomic E-state index is 1.64. The molecule has 0 aliphatic rings. The van der Waals surface area contributed by atoms with Crippen molar-refractivity contribution in [2.75, 3.05) is 14.1 Å². The summed E-state index contributed by atoms with van der Waals surface area (Å²) in [6.07, 6.45) is 0. The molecule has 0 aromatic heterocycles. The van der Waals surface area contributed by atoms with Crippen LogP contribution in [0.4, 0.5) is 0 Å². The summed E-state index contributed by atoms with van der Waals surface area (Å²) in [6, 6.07) is 0. The molecule has 0 aliphatic heterocycles. The number of halogens is 1. The van der Waals surface area contributed by atoms with Crippen molar-refractivity contribution in [3.8, 4) is 0 Å². The van der Waals surface area contributed by atoms with Crippen LogP contribution in [0.15, 0.2) is 0 Å². The Kier molecular flexibility index (Phi) is 2.19. The smallest absolute Gasteiger partial charge is 0.101 e. The molecule has 2 heteroatoms. The summed E-state index contributed by atoms with van der Waals surface area (Å²) in [5, 5.41) is 0. The monoisotopic (exact) mass is 91.0 g/mol. The minimum atomic E-state index is 1.64. The number of rotatable bonds is 0. The molecule has 0 saturated heterocycles. The highest BCUT2D eigenvalue weighted by atomic mass is 35.5. The van der Waals surface area contributed by atoms with Gasteiger partial charge in [-0.1, -0.05) is 0 Å². The van der Waals surface area contributed by atoms with Crippen LogP contribution >= 0.6 is 11.6 Å². The zero-order valence-corrected chi connectivity index (χ0v) is 4.08. The molecule has 0 fully saturated rings. The van der Waals surface area contributed by atoms with Crippen LogP contribution in [0.25, 0.3) is 0 Å². The standard InChI is InChI=1S/C3H6ClN/c1-5(2)3-4/h1-2H3. The quantitative estimate of drug-likeness (QED) is 0.231. The van der Waals surface area contributed by atoms with Crippen LogP contribution in [0.5, 0.6) is 0 Å². The zero-order valence-electron chi connectivity index (χ0n) is 3.33. The summed E-state index contributed by atoms with van der Waals surface area (Å²) in [4.78, 5) is 0. The van der Waals surface area contributed by atoms with Crippen LogP contribution < -0.4 is 0 Å². The molecule has 0 bridgehead atoms. The molecule has 0 atom stereocenters. The maximum atomic E-state index is 5.01. The van der Waals surface area contributed by atoms with Gasteiger partial charge < -0.3 is 4.58 Å². The van der Waals surface area contributed by atoms with E-state index in [-0.39, 0.29) is 0 Å². The third kappa shape index (κ3) is 3.96. The summed E-state index contributed by atoms with van der Waals surface area (Å²) in [5.41, 5.74) is 2.33. The number of hydrogen-bond donors (Lipinski definition) is 0. The van der Waals surface area contributed by atoms with Gasteiger partial charge in [-0.05, 0) is 0 Å². The lowest BCUT2D eigenvalue weighted by atomic mass is 11.1. The molecule has 0 aliphatic carbocycles. The van der Waals surface area contributed by atoms with Gasteiger partial charge in [-0.15, -0.1) is 5.67 Å². The summed E-state index contributed by atoms with van der Waals surface area (Å²) < 4.78 is 1.64. The van der Waals surface area contributed by atoms with E-state index in [2.05, 4.69) is 5.67 Å². The summed E-state index contributed by atoms with van der Waals surface area (Å²) in [5.74, 6) is 0. The summed E-state index contributed by atoms with van der Waals surface area (Å²) >= 11 is 5.01. The van der Waals surface area contributed by atoms with E-state index in [1.54, 1.807) is 4.58 Å². The SMILES string of the molecule is C[N+](C)=[C-]Cl. The fourth-order valence-corrected chi connectivity index (χ4v) is 0. The van der Waals surface area contributed by atoms with E-state index in [1.165, 1.54) is 0 Å². The molecule has 0 spiro atoms. The van der Waals surface area contributed by atoms with Crippen molar-refractivity contribution in [1.82, 2.24) is 0 Å². The molecule has 0 amide bonds. The Labute approximate surface area is 36.9 Å². The maximum absolute atomic E-state index is 5.01. The van der Waals surface area contributed by atoms with Crippen LogP contribution in [-0.2, 0) is 0 Å². The van der Waals surface area contributed by atoms with Crippen LogP contribution in [0.1, 0.15) is 0 Å². The van der Waals surface area contributed by atoms with Crippen molar-refractivity contribution < 1.29 is 4.58 Å². The first-order chi connectivity index (χ1) is 2.27. The Bertz CT molecular complexity index is 44.9. The molecule has 0 unspecified atom stereocenters. The van der Waals surface area contributed by atoms with Crippen LogP contribution in [0.3, 0.4) is 0 Å². The normalized spacial score (nSPS) is 7.00. The Morgan fingerprint density at radius 3 is 1.80 bits per heavy atom. The van der Waals surface area contributed by atoms with Gasteiger partial charge in [-0.25, -0.2) is 0 Å². The lowest BCUT2D eigenvalue weighted by molar-refractivity contribution is -0.457. The van der Waals surface area contributed by atoms with Gasteiger partial charge in [-0.2, -0.15) is 0 Å². The summed E-state index contributed by atoms with van der Waals surface area (Å²) in [6.45, 7) is 0. The van der Waals surface area contributed by atoms with Gasteiger partial charge in [0.25, 0.3) is 0 Å². The van der Waals surface area contributed by atoms with E-state index in [0.717, 1.165) is 0 Å². The molecule has 5 heavy (non-hydrogen) atoms. The van der Waals surface area contributed by atoms with Gasteiger partial charge in [0.1, 0.15) is 14.1 Å². The van der Waals surface area contributed by atoms with Gasteiger partial charge in [0.15, 0.2) is 0 Å². The zero-order chi connectivity index (χ0) is 4.28. The second-order valence-electron chi connectivity index (χ2n) is 0.979. The molecule has 0 N–H and O–H groups in total. The van der Waals surface area contributed by atoms with E-state index < -0.39 is 0 Å². The van der Waals surface area contributed by atoms with Crippen molar-refractivity contribution >= 4 is 17.3 Å². The van der Waals surface area contributed by atoms with E-state index in [9.17, 15) is 0 Å². The van der Waals surface area contributed by atoms with E-state index in [4.69, 9.17) is 11.6 Å². The van der Waals surface area contributed by atoms with E-state index in [1.807, 2.05) is 14.1 Å². The molecule has 0 heterocycles. The molecule has 0 aromatic carbocycles. The van der Waals surface area contributed by atoms with Gasteiger partial charge in [0.2, 0.25) is 0 Å².